The molecule has 7 heteroatoms. The predicted octanol–water partition coefficient (Wildman–Crippen LogP) is -1.28. The van der Waals surface area contributed by atoms with Crippen LogP contribution in [0.4, 0.5) is 0 Å². The van der Waals surface area contributed by atoms with Crippen LogP contribution < -0.4 is 16.8 Å². The molecule has 0 saturated carbocycles. The van der Waals surface area contributed by atoms with Crippen LogP contribution in [-0.4, -0.2) is 34.7 Å². The van der Waals surface area contributed by atoms with Gasteiger partial charge in [-0.15, -0.1) is 0 Å². The van der Waals surface area contributed by atoms with Crippen LogP contribution in [0, 0.1) is 0 Å². The molecule has 7 N–H and O–H groups in total. The molecule has 1 rings (SSSR count). The molecule has 0 heterocycles. The highest BCUT2D eigenvalue weighted by atomic mass is 16.4. The van der Waals surface area contributed by atoms with Crippen LogP contribution in [0.1, 0.15) is 11.1 Å². The predicted molar refractivity (Wildman–Crippen MR) is 65.9 cm³/mol. The van der Waals surface area contributed by atoms with Crippen molar-refractivity contribution in [3.8, 4) is 0 Å². The molecule has 1 aromatic rings. The lowest BCUT2D eigenvalue weighted by atomic mass is 10.1. The van der Waals surface area contributed by atoms with E-state index in [0.29, 0.717) is 12.1 Å². The van der Waals surface area contributed by atoms with Gasteiger partial charge in [0.25, 0.3) is 0 Å². The third kappa shape index (κ3) is 3.72. The highest BCUT2D eigenvalue weighted by Gasteiger charge is 2.11. The van der Waals surface area contributed by atoms with E-state index in [1.807, 2.05) is 0 Å². The molecule has 0 saturated heterocycles. The molecular weight excluding hydrogens is 236 g/mol. The van der Waals surface area contributed by atoms with E-state index in [4.69, 9.17) is 16.7 Å². The van der Waals surface area contributed by atoms with Gasteiger partial charge in [0.15, 0.2) is 5.84 Å². The summed E-state index contributed by atoms with van der Waals surface area (Å²) in [5.74, 6) is -0.782. The van der Waals surface area contributed by atoms with Crippen LogP contribution in [-0.2, 0) is 11.3 Å². The minimum absolute atomic E-state index is 0.00264. The van der Waals surface area contributed by atoms with Gasteiger partial charge in [0.05, 0.1) is 0 Å². The Hall–Kier alpha value is -2.12. The van der Waals surface area contributed by atoms with Crippen molar-refractivity contribution in [2.45, 2.75) is 12.6 Å². The molecule has 0 fully saturated rings. The molecular formula is C11H16N4O3. The van der Waals surface area contributed by atoms with Gasteiger partial charge in [-0.05, 0) is 5.56 Å². The topological polar surface area (TPSA) is 134 Å². The molecule has 0 bridgehead atoms. The van der Waals surface area contributed by atoms with E-state index in [2.05, 4.69) is 10.5 Å². The third-order valence-electron chi connectivity index (χ3n) is 2.38. The van der Waals surface area contributed by atoms with E-state index in [1.165, 1.54) is 0 Å². The standard InChI is InChI=1S/C11H16N4O3/c12-10(15-18)8-4-2-1-3-7(8)5-14-6-9(16)11(13)17/h1-4,9,14,16,18H,5-6H2,(H2,12,15)(H2,13,17). The van der Waals surface area contributed by atoms with Gasteiger partial charge in [0.1, 0.15) is 6.10 Å². The lowest BCUT2D eigenvalue weighted by molar-refractivity contribution is -0.125. The van der Waals surface area contributed by atoms with E-state index in [0.717, 1.165) is 5.56 Å². The number of primary amides is 1. The zero-order valence-corrected chi connectivity index (χ0v) is 9.71. The summed E-state index contributed by atoms with van der Waals surface area (Å²) < 4.78 is 0. The molecule has 0 aliphatic rings. The smallest absolute Gasteiger partial charge is 0.247 e. The Morgan fingerprint density at radius 2 is 2.06 bits per heavy atom. The minimum atomic E-state index is -1.24. The third-order valence-corrected chi connectivity index (χ3v) is 2.38. The number of rotatable bonds is 6. The van der Waals surface area contributed by atoms with Gasteiger partial charge in [-0.25, -0.2) is 0 Å². The van der Waals surface area contributed by atoms with Crippen molar-refractivity contribution in [1.29, 1.82) is 0 Å². The highest BCUT2D eigenvalue weighted by molar-refractivity contribution is 5.98. The lowest BCUT2D eigenvalue weighted by Gasteiger charge is -2.11. The van der Waals surface area contributed by atoms with Gasteiger partial charge in [0, 0.05) is 18.7 Å². The number of nitrogens with one attached hydrogen (secondary N) is 1. The summed E-state index contributed by atoms with van der Waals surface area (Å²) in [4.78, 5) is 10.6. The lowest BCUT2D eigenvalue weighted by Crippen LogP contribution is -2.37. The number of hydrogen-bond donors (Lipinski definition) is 5. The van der Waals surface area contributed by atoms with Crippen molar-refractivity contribution in [3.63, 3.8) is 0 Å². The molecule has 1 unspecified atom stereocenters. The molecule has 1 amide bonds. The molecule has 18 heavy (non-hydrogen) atoms. The van der Waals surface area contributed by atoms with Crippen molar-refractivity contribution in [2.24, 2.45) is 16.6 Å². The van der Waals surface area contributed by atoms with E-state index < -0.39 is 12.0 Å². The number of oxime groups is 1. The van der Waals surface area contributed by atoms with Crippen LogP contribution in [0.3, 0.4) is 0 Å². The summed E-state index contributed by atoms with van der Waals surface area (Å²) in [7, 11) is 0. The van der Waals surface area contributed by atoms with Crippen LogP contribution in [0.2, 0.25) is 0 Å². The van der Waals surface area contributed by atoms with E-state index in [9.17, 15) is 9.90 Å². The van der Waals surface area contributed by atoms with E-state index >= 15 is 0 Å². The summed E-state index contributed by atoms with van der Waals surface area (Å²) in [5.41, 5.74) is 11.8. The maximum Gasteiger partial charge on any atom is 0.247 e. The quantitative estimate of drug-likeness (QED) is 0.186. The second-order valence-electron chi connectivity index (χ2n) is 3.69. The number of hydrogen-bond acceptors (Lipinski definition) is 5. The minimum Gasteiger partial charge on any atom is -0.409 e. The highest BCUT2D eigenvalue weighted by Crippen LogP contribution is 2.08. The molecule has 98 valence electrons. The van der Waals surface area contributed by atoms with Gasteiger partial charge >= 0.3 is 0 Å². The Morgan fingerprint density at radius 3 is 2.67 bits per heavy atom. The largest absolute Gasteiger partial charge is 0.409 e. The van der Waals surface area contributed by atoms with Crippen molar-refractivity contribution in [1.82, 2.24) is 5.32 Å². The molecule has 0 aromatic heterocycles. The average molecular weight is 252 g/mol. The number of amidine groups is 1. The number of aliphatic hydroxyl groups is 1. The van der Waals surface area contributed by atoms with Crippen molar-refractivity contribution in [3.05, 3.63) is 35.4 Å². The zero-order chi connectivity index (χ0) is 13.5. The second-order valence-corrected chi connectivity index (χ2v) is 3.69. The Bertz CT molecular complexity index is 448. The van der Waals surface area contributed by atoms with Crippen LogP contribution in [0.5, 0.6) is 0 Å². The summed E-state index contributed by atoms with van der Waals surface area (Å²) in [5, 5.41) is 23.6. The monoisotopic (exact) mass is 252 g/mol. The van der Waals surface area contributed by atoms with Gasteiger partial charge in [-0.2, -0.15) is 0 Å². The number of carbonyl (C=O) groups excluding carboxylic acids is 1. The van der Waals surface area contributed by atoms with Gasteiger partial charge < -0.3 is 27.1 Å². The van der Waals surface area contributed by atoms with Crippen molar-refractivity contribution >= 4 is 11.7 Å². The first-order valence-corrected chi connectivity index (χ1v) is 5.30. The molecule has 1 aromatic carbocycles. The van der Waals surface area contributed by atoms with Crippen LogP contribution in [0.25, 0.3) is 0 Å². The summed E-state index contributed by atoms with van der Waals surface area (Å²) in [6.07, 6.45) is -1.24. The van der Waals surface area contributed by atoms with Gasteiger partial charge in [-0.1, -0.05) is 29.4 Å². The first-order valence-electron chi connectivity index (χ1n) is 5.30. The number of carbonyl (C=O) groups is 1. The maximum absolute atomic E-state index is 10.6. The van der Waals surface area contributed by atoms with Crippen LogP contribution >= 0.6 is 0 Å². The van der Waals surface area contributed by atoms with Crippen molar-refractivity contribution < 1.29 is 15.1 Å². The Morgan fingerprint density at radius 1 is 1.39 bits per heavy atom. The molecule has 7 nitrogen and oxygen atoms in total. The maximum atomic E-state index is 10.6. The van der Waals surface area contributed by atoms with Crippen molar-refractivity contribution in [2.75, 3.05) is 6.54 Å². The number of aliphatic hydroxyl groups excluding tert-OH is 1. The zero-order valence-electron chi connectivity index (χ0n) is 9.71. The summed E-state index contributed by atoms with van der Waals surface area (Å²) in [6.45, 7) is 0.399. The molecule has 0 radical (unpaired) electrons. The summed E-state index contributed by atoms with van der Waals surface area (Å²) >= 11 is 0. The number of benzene rings is 1. The Labute approximate surface area is 104 Å². The Kier molecular flexibility index (Phi) is 5.09. The number of nitrogens with zero attached hydrogens (tertiary/aromatic N) is 1. The first kappa shape index (κ1) is 13.9. The van der Waals surface area contributed by atoms with Gasteiger partial charge in [-0.3, -0.25) is 4.79 Å². The fourth-order valence-electron chi connectivity index (χ4n) is 1.42. The fourth-order valence-corrected chi connectivity index (χ4v) is 1.42. The normalized spacial score (nSPS) is 13.3. The number of amides is 1. The number of nitrogens with two attached hydrogens (primary N) is 2. The van der Waals surface area contributed by atoms with E-state index in [1.54, 1.807) is 24.3 Å². The Balaban J connectivity index is 2.65. The first-order chi connectivity index (χ1) is 8.56. The molecule has 0 aliphatic heterocycles. The van der Waals surface area contributed by atoms with Gasteiger partial charge in [0.2, 0.25) is 5.91 Å². The molecule has 1 atom stereocenters. The SMILES string of the molecule is NC(=O)C(O)CNCc1ccccc1/C(N)=N/O. The second kappa shape index (κ2) is 6.58. The molecule has 0 aliphatic carbocycles. The van der Waals surface area contributed by atoms with Crippen LogP contribution in [0.15, 0.2) is 29.4 Å². The summed E-state index contributed by atoms with van der Waals surface area (Å²) in [6, 6.07) is 7.05. The average Bonchev–Trinajstić information content (AvgIpc) is 2.38. The molecule has 0 spiro atoms. The van der Waals surface area contributed by atoms with E-state index in [-0.39, 0.29) is 12.4 Å². The fraction of sp³-hybridized carbons (Fsp3) is 0.273.